The van der Waals surface area contributed by atoms with Gasteiger partial charge in [0.25, 0.3) is 0 Å². The Labute approximate surface area is 158 Å². The van der Waals surface area contributed by atoms with Gasteiger partial charge in [-0.15, -0.1) is 5.10 Å². The highest BCUT2D eigenvalue weighted by atomic mass is 35.5. The molecule has 0 unspecified atom stereocenters. The highest BCUT2D eigenvalue weighted by molar-refractivity contribution is 6.32. The Kier molecular flexibility index (Phi) is 5.00. The van der Waals surface area contributed by atoms with Crippen molar-refractivity contribution < 1.29 is 0 Å². The Morgan fingerprint density at radius 3 is 2.58 bits per heavy atom. The first-order valence-electron chi connectivity index (χ1n) is 8.63. The molecule has 0 atom stereocenters. The fourth-order valence-corrected chi connectivity index (χ4v) is 3.09. The van der Waals surface area contributed by atoms with E-state index < -0.39 is 0 Å². The Balaban J connectivity index is 1.91. The average molecular weight is 374 g/mol. The molecule has 26 heavy (non-hydrogen) atoms. The number of hydrogen-bond acceptors (Lipinski definition) is 5. The van der Waals surface area contributed by atoms with Gasteiger partial charge >= 0.3 is 0 Å². The summed E-state index contributed by atoms with van der Waals surface area (Å²) in [6.45, 7) is 11.0. The molecule has 0 aliphatic rings. The van der Waals surface area contributed by atoms with Gasteiger partial charge in [0, 0.05) is 0 Å². The van der Waals surface area contributed by atoms with Crippen molar-refractivity contribution in [2.45, 2.75) is 52.6 Å². The van der Waals surface area contributed by atoms with Gasteiger partial charge in [-0.2, -0.15) is 5.10 Å². The van der Waals surface area contributed by atoms with E-state index in [0.717, 1.165) is 22.9 Å². The van der Waals surface area contributed by atoms with E-state index in [2.05, 4.69) is 60.6 Å². The number of nitrogens with zero attached hydrogens (tertiary/aromatic N) is 6. The number of rotatable bonds is 5. The van der Waals surface area contributed by atoms with E-state index in [1.54, 1.807) is 0 Å². The third kappa shape index (κ3) is 3.58. The monoisotopic (exact) mass is 373 g/mol. The number of benzene rings is 1. The number of aromatic nitrogens is 6. The molecule has 0 amide bonds. The van der Waals surface area contributed by atoms with Crippen molar-refractivity contribution in [1.29, 1.82) is 0 Å². The highest BCUT2D eigenvalue weighted by Gasteiger charge is 2.21. The number of hydrogen-bond donors (Lipinski definition) is 1. The molecule has 3 aromatic rings. The lowest BCUT2D eigenvalue weighted by Gasteiger charge is -2.20. The van der Waals surface area contributed by atoms with Crippen LogP contribution in [0, 0.1) is 0 Å². The highest BCUT2D eigenvalue weighted by Crippen LogP contribution is 2.30. The van der Waals surface area contributed by atoms with Gasteiger partial charge in [-0.3, -0.25) is 0 Å². The summed E-state index contributed by atoms with van der Waals surface area (Å²) in [6.07, 6.45) is 1.82. The Bertz CT molecular complexity index is 889. The molecule has 0 spiro atoms. The van der Waals surface area contributed by atoms with Crippen LogP contribution < -0.4 is 5.32 Å². The molecule has 3 rings (SSSR count). The van der Waals surface area contributed by atoms with Crippen LogP contribution in [-0.2, 0) is 12.1 Å². The molecule has 0 bridgehead atoms. The van der Waals surface area contributed by atoms with Crippen LogP contribution in [0.1, 0.15) is 52.1 Å². The number of nitrogens with one attached hydrogen (secondary N) is 1. The fourth-order valence-electron chi connectivity index (χ4n) is 2.88. The quantitative estimate of drug-likeness (QED) is 0.731. The van der Waals surface area contributed by atoms with Gasteiger partial charge in [-0.1, -0.05) is 37.6 Å². The van der Waals surface area contributed by atoms with Crippen molar-refractivity contribution in [1.82, 2.24) is 30.0 Å². The van der Waals surface area contributed by atoms with Crippen molar-refractivity contribution in [2.24, 2.45) is 0 Å². The molecule has 2 heterocycles. The zero-order chi connectivity index (χ0) is 18.9. The molecular weight excluding hydrogens is 350 g/mol. The van der Waals surface area contributed by atoms with Gasteiger partial charge in [-0.25, -0.2) is 9.36 Å². The molecule has 0 aliphatic heterocycles. The minimum absolute atomic E-state index is 0.177. The van der Waals surface area contributed by atoms with Crippen molar-refractivity contribution in [3.05, 3.63) is 47.0 Å². The molecule has 1 N–H and O–H groups in total. The maximum Gasteiger partial charge on any atom is 0.170 e. The summed E-state index contributed by atoms with van der Waals surface area (Å²) in [5.41, 5.74) is 2.70. The molecule has 7 nitrogen and oxygen atoms in total. The first-order valence-corrected chi connectivity index (χ1v) is 9.01. The second kappa shape index (κ2) is 7.07. The SMILES string of the molecule is CC(C)c1c(NCc2nnnn2C(C)(C)C)cnn1-c1ccccc1Cl. The van der Waals surface area contributed by atoms with Crippen molar-refractivity contribution in [3.63, 3.8) is 0 Å². The molecule has 0 saturated carbocycles. The summed E-state index contributed by atoms with van der Waals surface area (Å²) in [5, 5.41) is 20.7. The van der Waals surface area contributed by atoms with Crippen LogP contribution in [0.25, 0.3) is 5.69 Å². The Hall–Kier alpha value is -2.41. The molecule has 0 aliphatic carbocycles. The normalized spacial score (nSPS) is 12.0. The van der Waals surface area contributed by atoms with Crippen molar-refractivity contribution in [3.8, 4) is 5.69 Å². The minimum atomic E-state index is -0.177. The Morgan fingerprint density at radius 1 is 1.19 bits per heavy atom. The van der Waals surface area contributed by atoms with E-state index in [1.807, 2.05) is 39.8 Å². The zero-order valence-corrected chi connectivity index (χ0v) is 16.5. The molecule has 1 aromatic carbocycles. The predicted molar refractivity (Wildman–Crippen MR) is 103 cm³/mol. The lowest BCUT2D eigenvalue weighted by atomic mass is 10.1. The van der Waals surface area contributed by atoms with E-state index in [-0.39, 0.29) is 11.5 Å². The van der Waals surface area contributed by atoms with E-state index >= 15 is 0 Å². The summed E-state index contributed by atoms with van der Waals surface area (Å²) in [5.74, 6) is 1.03. The lowest BCUT2D eigenvalue weighted by Crippen LogP contribution is -2.26. The van der Waals surface area contributed by atoms with Gasteiger partial charge in [0.05, 0.1) is 40.4 Å². The summed E-state index contributed by atoms with van der Waals surface area (Å²) in [4.78, 5) is 0. The molecule has 0 radical (unpaired) electrons. The summed E-state index contributed by atoms with van der Waals surface area (Å²) in [7, 11) is 0. The van der Waals surface area contributed by atoms with E-state index in [9.17, 15) is 0 Å². The second-order valence-electron chi connectivity index (χ2n) is 7.49. The maximum absolute atomic E-state index is 6.36. The molecule has 0 saturated heterocycles. The summed E-state index contributed by atoms with van der Waals surface area (Å²) >= 11 is 6.36. The standard InChI is InChI=1S/C18H24ClN7/c1-12(2)17-14(10-21-25(17)15-9-7-6-8-13(15)19)20-11-16-22-23-24-26(16)18(3,4)5/h6-10,12,20H,11H2,1-5H3. The van der Waals surface area contributed by atoms with Gasteiger partial charge in [0.15, 0.2) is 5.82 Å². The van der Waals surface area contributed by atoms with E-state index in [4.69, 9.17) is 11.6 Å². The van der Waals surface area contributed by atoms with E-state index in [0.29, 0.717) is 11.6 Å². The molecule has 2 aromatic heterocycles. The molecule has 0 fully saturated rings. The summed E-state index contributed by atoms with van der Waals surface area (Å²) in [6, 6.07) is 7.70. The number of tetrazole rings is 1. The zero-order valence-electron chi connectivity index (χ0n) is 15.7. The third-order valence-electron chi connectivity index (χ3n) is 4.04. The number of halogens is 1. The van der Waals surface area contributed by atoms with Crippen molar-refractivity contribution in [2.75, 3.05) is 5.32 Å². The second-order valence-corrected chi connectivity index (χ2v) is 7.90. The minimum Gasteiger partial charge on any atom is -0.375 e. The van der Waals surface area contributed by atoms with Gasteiger partial charge in [-0.05, 0) is 49.2 Å². The van der Waals surface area contributed by atoms with Crippen LogP contribution in [0.5, 0.6) is 0 Å². The van der Waals surface area contributed by atoms with Crippen LogP contribution in [-0.4, -0.2) is 30.0 Å². The fraction of sp³-hybridized carbons (Fsp3) is 0.444. The predicted octanol–water partition coefficient (Wildman–Crippen LogP) is 4.00. The molecular formula is C18H24ClN7. The van der Waals surface area contributed by atoms with Crippen LogP contribution in [0.15, 0.2) is 30.5 Å². The summed E-state index contributed by atoms with van der Waals surface area (Å²) < 4.78 is 3.72. The average Bonchev–Trinajstić information content (AvgIpc) is 3.19. The lowest BCUT2D eigenvalue weighted by molar-refractivity contribution is 0.336. The number of anilines is 1. The van der Waals surface area contributed by atoms with E-state index in [1.165, 1.54) is 0 Å². The maximum atomic E-state index is 6.36. The van der Waals surface area contributed by atoms with Crippen LogP contribution in [0.2, 0.25) is 5.02 Å². The van der Waals surface area contributed by atoms with Gasteiger partial charge in [0.2, 0.25) is 0 Å². The topological polar surface area (TPSA) is 73.5 Å². The smallest absolute Gasteiger partial charge is 0.170 e. The number of para-hydroxylation sites is 1. The molecule has 138 valence electrons. The largest absolute Gasteiger partial charge is 0.375 e. The van der Waals surface area contributed by atoms with Gasteiger partial charge < -0.3 is 5.32 Å². The first-order chi connectivity index (χ1) is 12.3. The van der Waals surface area contributed by atoms with Crippen LogP contribution in [0.3, 0.4) is 0 Å². The first kappa shape index (κ1) is 18.4. The van der Waals surface area contributed by atoms with Crippen LogP contribution >= 0.6 is 11.6 Å². The van der Waals surface area contributed by atoms with Crippen molar-refractivity contribution >= 4 is 17.3 Å². The molecule has 8 heteroatoms. The van der Waals surface area contributed by atoms with Gasteiger partial charge in [0.1, 0.15) is 0 Å². The third-order valence-corrected chi connectivity index (χ3v) is 4.36. The van der Waals surface area contributed by atoms with Crippen LogP contribution in [0.4, 0.5) is 5.69 Å². The Morgan fingerprint density at radius 2 is 1.92 bits per heavy atom.